The lowest BCUT2D eigenvalue weighted by molar-refractivity contribution is -0.143. The van der Waals surface area contributed by atoms with E-state index >= 15 is 0 Å². The number of hydrogen-bond acceptors (Lipinski definition) is 5. The molecule has 2 amide bonds. The third kappa shape index (κ3) is 5.95. The summed E-state index contributed by atoms with van der Waals surface area (Å²) in [5.74, 6) is -1.22. The lowest BCUT2D eigenvalue weighted by atomic mass is 10.00. The van der Waals surface area contributed by atoms with Gasteiger partial charge in [0, 0.05) is 12.6 Å². The third-order valence-electron chi connectivity index (χ3n) is 6.27. The Bertz CT molecular complexity index is 1230. The summed E-state index contributed by atoms with van der Waals surface area (Å²) >= 11 is 0. The van der Waals surface area contributed by atoms with Gasteiger partial charge in [-0.3, -0.25) is 14.6 Å². The molecule has 3 heterocycles. The SMILES string of the molecule is CC(C)c1ccc(C(NC(=O)C2CC(F)CN2C(=O)Cc2n[nH]nc2C(F)(F)F)c2ccccc2)nc1. The number of aromatic nitrogens is 4. The van der Waals surface area contributed by atoms with Gasteiger partial charge in [-0.15, -0.1) is 0 Å². The van der Waals surface area contributed by atoms with Gasteiger partial charge in [0.15, 0.2) is 5.69 Å². The summed E-state index contributed by atoms with van der Waals surface area (Å²) in [5.41, 5.74) is 0.356. The van der Waals surface area contributed by atoms with Crippen molar-refractivity contribution >= 4 is 11.8 Å². The van der Waals surface area contributed by atoms with Crippen LogP contribution in [0.4, 0.5) is 17.6 Å². The molecule has 1 aliphatic rings. The molecule has 1 aromatic carbocycles. The molecule has 12 heteroatoms. The lowest BCUT2D eigenvalue weighted by Gasteiger charge is -2.26. The molecule has 0 bridgehead atoms. The largest absolute Gasteiger partial charge is 0.437 e. The van der Waals surface area contributed by atoms with Gasteiger partial charge in [0.1, 0.15) is 17.9 Å². The highest BCUT2D eigenvalue weighted by molar-refractivity contribution is 5.89. The van der Waals surface area contributed by atoms with E-state index in [1.807, 2.05) is 43.3 Å². The van der Waals surface area contributed by atoms with Crippen molar-refractivity contribution in [2.24, 2.45) is 0 Å². The highest BCUT2D eigenvalue weighted by Crippen LogP contribution is 2.30. The number of halogens is 4. The average molecular weight is 519 g/mol. The van der Waals surface area contributed by atoms with E-state index in [0.29, 0.717) is 5.69 Å². The normalized spacial score (nSPS) is 18.7. The molecule has 1 fully saturated rings. The Morgan fingerprint density at radius 1 is 1.11 bits per heavy atom. The number of hydrogen-bond donors (Lipinski definition) is 2. The zero-order chi connectivity index (χ0) is 26.7. The molecular weight excluding hydrogens is 492 g/mol. The van der Waals surface area contributed by atoms with Crippen molar-refractivity contribution in [3.63, 3.8) is 0 Å². The fraction of sp³-hybridized carbons (Fsp3) is 0.400. The minimum absolute atomic E-state index is 0.258. The van der Waals surface area contributed by atoms with Gasteiger partial charge in [0.2, 0.25) is 11.8 Å². The van der Waals surface area contributed by atoms with Crippen LogP contribution in [0.25, 0.3) is 0 Å². The predicted molar refractivity (Wildman–Crippen MR) is 125 cm³/mol. The Morgan fingerprint density at radius 2 is 1.84 bits per heavy atom. The van der Waals surface area contributed by atoms with Gasteiger partial charge in [0.25, 0.3) is 0 Å². The molecule has 0 spiro atoms. The number of H-pyrrole nitrogens is 1. The lowest BCUT2D eigenvalue weighted by Crippen LogP contribution is -2.47. The summed E-state index contributed by atoms with van der Waals surface area (Å²) in [6, 6.07) is 10.9. The Morgan fingerprint density at radius 3 is 2.46 bits per heavy atom. The molecule has 1 aliphatic heterocycles. The first kappa shape index (κ1) is 26.2. The molecule has 3 unspecified atom stereocenters. The van der Waals surface area contributed by atoms with E-state index in [0.717, 1.165) is 16.0 Å². The van der Waals surface area contributed by atoms with Crippen molar-refractivity contribution < 1.29 is 27.2 Å². The number of alkyl halides is 4. The first-order chi connectivity index (χ1) is 17.5. The number of rotatable bonds is 7. The van der Waals surface area contributed by atoms with Crippen LogP contribution in [0.5, 0.6) is 0 Å². The second kappa shape index (κ2) is 10.7. The van der Waals surface area contributed by atoms with E-state index in [4.69, 9.17) is 0 Å². The number of pyridine rings is 1. The maximum Gasteiger partial charge on any atom is 0.437 e. The first-order valence-electron chi connectivity index (χ1n) is 11.8. The molecule has 0 aliphatic carbocycles. The van der Waals surface area contributed by atoms with Crippen molar-refractivity contribution in [1.29, 1.82) is 0 Å². The molecule has 3 atom stereocenters. The number of carbonyl (C=O) groups is 2. The van der Waals surface area contributed by atoms with Crippen LogP contribution in [0.15, 0.2) is 48.7 Å². The van der Waals surface area contributed by atoms with Gasteiger partial charge < -0.3 is 10.2 Å². The zero-order valence-corrected chi connectivity index (χ0v) is 20.2. The molecule has 196 valence electrons. The molecule has 1 saturated heterocycles. The number of benzene rings is 1. The number of aromatic amines is 1. The quantitative estimate of drug-likeness (QED) is 0.464. The monoisotopic (exact) mass is 518 g/mol. The molecule has 37 heavy (non-hydrogen) atoms. The fourth-order valence-electron chi connectivity index (χ4n) is 4.30. The van der Waals surface area contributed by atoms with Gasteiger partial charge in [-0.05, 0) is 23.1 Å². The molecular formula is C25H26F4N6O2. The standard InChI is InChI=1S/C25H26F4N6O2/c1-14(2)16-8-9-18(30-12-16)22(15-6-4-3-5-7-15)31-24(37)20-10-17(26)13-35(20)21(36)11-19-23(25(27,28)29)33-34-32-19/h3-9,12,14,17,20,22H,10-11,13H2,1-2H3,(H,31,37)(H,32,33,34). The minimum atomic E-state index is -4.81. The Hall–Kier alpha value is -3.83. The topological polar surface area (TPSA) is 104 Å². The first-order valence-corrected chi connectivity index (χ1v) is 11.8. The van der Waals surface area contributed by atoms with Crippen molar-refractivity contribution in [3.05, 3.63) is 76.9 Å². The summed E-state index contributed by atoms with van der Waals surface area (Å²) < 4.78 is 53.8. The molecule has 0 saturated carbocycles. The van der Waals surface area contributed by atoms with Crippen LogP contribution >= 0.6 is 0 Å². The van der Waals surface area contributed by atoms with E-state index in [-0.39, 0.29) is 12.3 Å². The Kier molecular flexibility index (Phi) is 7.55. The van der Waals surface area contributed by atoms with Crippen molar-refractivity contribution in [1.82, 2.24) is 30.6 Å². The number of nitrogens with one attached hydrogen (secondary N) is 2. The van der Waals surface area contributed by atoms with Gasteiger partial charge in [-0.25, -0.2) is 4.39 Å². The van der Waals surface area contributed by atoms with Crippen LogP contribution in [0, 0.1) is 0 Å². The zero-order valence-electron chi connectivity index (χ0n) is 20.2. The predicted octanol–water partition coefficient (Wildman–Crippen LogP) is 3.73. The van der Waals surface area contributed by atoms with Gasteiger partial charge in [-0.2, -0.15) is 28.6 Å². The van der Waals surface area contributed by atoms with E-state index in [1.165, 1.54) is 0 Å². The van der Waals surface area contributed by atoms with Crippen LogP contribution < -0.4 is 5.32 Å². The third-order valence-corrected chi connectivity index (χ3v) is 6.27. The summed E-state index contributed by atoms with van der Waals surface area (Å²) in [5, 5.41) is 11.2. The summed E-state index contributed by atoms with van der Waals surface area (Å²) in [6.07, 6.45) is -5.64. The number of likely N-dealkylation sites (tertiary alicyclic amines) is 1. The Labute approximate surface area is 210 Å². The molecule has 4 rings (SSSR count). The molecule has 0 radical (unpaired) electrons. The summed E-state index contributed by atoms with van der Waals surface area (Å²) in [4.78, 5) is 31.7. The molecule has 2 N–H and O–H groups in total. The molecule has 3 aromatic rings. The summed E-state index contributed by atoms with van der Waals surface area (Å²) in [7, 11) is 0. The second-order valence-corrected chi connectivity index (χ2v) is 9.21. The van der Waals surface area contributed by atoms with Crippen LogP contribution in [-0.2, 0) is 22.2 Å². The number of amides is 2. The molecule has 2 aromatic heterocycles. The second-order valence-electron chi connectivity index (χ2n) is 9.21. The maximum atomic E-state index is 14.4. The number of carbonyl (C=O) groups excluding carboxylic acids is 2. The van der Waals surface area contributed by atoms with Crippen LogP contribution in [0.1, 0.15) is 60.4 Å². The van der Waals surface area contributed by atoms with Gasteiger partial charge in [0.05, 0.1) is 24.7 Å². The van der Waals surface area contributed by atoms with Crippen molar-refractivity contribution in [2.75, 3.05) is 6.54 Å². The van der Waals surface area contributed by atoms with Crippen LogP contribution in [0.2, 0.25) is 0 Å². The van der Waals surface area contributed by atoms with Crippen molar-refractivity contribution in [3.8, 4) is 0 Å². The van der Waals surface area contributed by atoms with E-state index in [2.05, 4.69) is 20.5 Å². The summed E-state index contributed by atoms with van der Waals surface area (Å²) in [6.45, 7) is 3.65. The molecule has 8 nitrogen and oxygen atoms in total. The Balaban J connectivity index is 1.56. The highest BCUT2D eigenvalue weighted by atomic mass is 19.4. The van der Waals surface area contributed by atoms with Gasteiger partial charge in [-0.1, -0.05) is 50.2 Å². The van der Waals surface area contributed by atoms with E-state index in [9.17, 15) is 27.2 Å². The highest BCUT2D eigenvalue weighted by Gasteiger charge is 2.43. The minimum Gasteiger partial charge on any atom is -0.342 e. The van der Waals surface area contributed by atoms with Crippen LogP contribution in [-0.4, -0.2) is 55.9 Å². The average Bonchev–Trinajstić information content (AvgIpc) is 3.49. The number of nitrogens with zero attached hydrogens (tertiary/aromatic N) is 4. The van der Waals surface area contributed by atoms with Crippen LogP contribution in [0.3, 0.4) is 0 Å². The fourth-order valence-corrected chi connectivity index (χ4v) is 4.30. The maximum absolute atomic E-state index is 14.4. The van der Waals surface area contributed by atoms with Gasteiger partial charge >= 0.3 is 6.18 Å². The smallest absolute Gasteiger partial charge is 0.342 e. The van der Waals surface area contributed by atoms with E-state index in [1.54, 1.807) is 24.4 Å². The van der Waals surface area contributed by atoms with E-state index < -0.39 is 60.6 Å². The van der Waals surface area contributed by atoms with Crippen molar-refractivity contribution in [2.45, 2.75) is 57.0 Å².